The molecule has 0 aliphatic carbocycles. The Morgan fingerprint density at radius 2 is 2.19 bits per heavy atom. The van der Waals surface area contributed by atoms with Crippen molar-refractivity contribution in [1.82, 2.24) is 0 Å². The average Bonchev–Trinajstić information content (AvgIpc) is 2.28. The van der Waals surface area contributed by atoms with Crippen LogP contribution in [0.15, 0.2) is 18.2 Å². The molecule has 1 aromatic rings. The van der Waals surface area contributed by atoms with Crippen molar-refractivity contribution >= 4 is 6.29 Å². The summed E-state index contributed by atoms with van der Waals surface area (Å²) >= 11 is 0. The maximum absolute atomic E-state index is 12.6. The highest BCUT2D eigenvalue weighted by molar-refractivity contribution is 5.77. The van der Waals surface area contributed by atoms with Gasteiger partial charge in [0.25, 0.3) is 0 Å². The molecule has 0 unspecified atom stereocenters. The fraction of sp³-hybridized carbons (Fsp3) is 0.462. The van der Waals surface area contributed by atoms with Crippen LogP contribution in [0.1, 0.15) is 36.2 Å². The third-order valence-electron chi connectivity index (χ3n) is 2.35. The van der Waals surface area contributed by atoms with Gasteiger partial charge in [-0.25, -0.2) is 4.39 Å². The Morgan fingerprint density at radius 1 is 1.44 bits per heavy atom. The molecule has 88 valence electrons. The molecule has 0 heterocycles. The normalized spacial score (nSPS) is 10.5. The lowest BCUT2D eigenvalue weighted by atomic mass is 10.1. The van der Waals surface area contributed by atoms with Crippen molar-refractivity contribution in [2.75, 3.05) is 6.61 Å². The summed E-state index contributed by atoms with van der Waals surface area (Å²) < 4.78 is 18.1. The number of carbonyl (C=O) groups excluding carboxylic acids is 1. The first-order valence-electron chi connectivity index (χ1n) is 5.44. The quantitative estimate of drug-likeness (QED) is 0.692. The molecule has 3 heteroatoms. The lowest BCUT2D eigenvalue weighted by molar-refractivity contribution is 0.112. The van der Waals surface area contributed by atoms with Crippen LogP contribution in [0.4, 0.5) is 4.39 Å². The maximum atomic E-state index is 12.6. The van der Waals surface area contributed by atoms with Gasteiger partial charge in [0.15, 0.2) is 0 Å². The predicted molar refractivity (Wildman–Crippen MR) is 61.6 cm³/mol. The number of benzene rings is 1. The molecule has 0 bridgehead atoms. The van der Waals surface area contributed by atoms with Crippen LogP contribution in [0.25, 0.3) is 0 Å². The fourth-order valence-corrected chi connectivity index (χ4v) is 1.32. The number of hydrogen-bond donors (Lipinski definition) is 0. The largest absolute Gasteiger partial charge is 0.494 e. The topological polar surface area (TPSA) is 26.3 Å². The van der Waals surface area contributed by atoms with Gasteiger partial charge in [-0.15, -0.1) is 0 Å². The van der Waals surface area contributed by atoms with E-state index in [-0.39, 0.29) is 0 Å². The summed E-state index contributed by atoms with van der Waals surface area (Å²) in [5.41, 5.74) is 0.774. The minimum absolute atomic E-state index is 0.386. The second-order valence-corrected chi connectivity index (χ2v) is 4.14. The number of alkyl halides is 1. The van der Waals surface area contributed by atoms with Crippen LogP contribution in [0, 0.1) is 5.92 Å². The van der Waals surface area contributed by atoms with Crippen LogP contribution in [-0.4, -0.2) is 12.9 Å². The van der Waals surface area contributed by atoms with Crippen LogP contribution in [-0.2, 0) is 6.67 Å². The van der Waals surface area contributed by atoms with Gasteiger partial charge in [-0.05, 0) is 36.1 Å². The van der Waals surface area contributed by atoms with Gasteiger partial charge in [0.05, 0.1) is 6.61 Å². The SMILES string of the molecule is CC(C)CCOc1ccc(C=O)c(CF)c1. The summed E-state index contributed by atoms with van der Waals surface area (Å²) in [6.45, 7) is 4.21. The molecule has 0 saturated carbocycles. The van der Waals surface area contributed by atoms with E-state index >= 15 is 0 Å². The molecule has 0 N–H and O–H groups in total. The molecule has 0 aromatic heterocycles. The van der Waals surface area contributed by atoms with Crippen LogP contribution in [0.5, 0.6) is 5.75 Å². The molecule has 0 aliphatic rings. The lowest BCUT2D eigenvalue weighted by Gasteiger charge is -2.09. The van der Waals surface area contributed by atoms with Gasteiger partial charge in [0.2, 0.25) is 0 Å². The summed E-state index contributed by atoms with van der Waals surface area (Å²) in [5, 5.41) is 0. The van der Waals surface area contributed by atoms with Crippen molar-refractivity contribution in [2.24, 2.45) is 5.92 Å². The van der Waals surface area contributed by atoms with E-state index in [1.54, 1.807) is 18.2 Å². The highest BCUT2D eigenvalue weighted by Crippen LogP contribution is 2.18. The van der Waals surface area contributed by atoms with Crippen molar-refractivity contribution in [3.8, 4) is 5.75 Å². The highest BCUT2D eigenvalue weighted by Gasteiger charge is 2.04. The smallest absolute Gasteiger partial charge is 0.150 e. The Hall–Kier alpha value is -1.38. The van der Waals surface area contributed by atoms with E-state index in [4.69, 9.17) is 4.74 Å². The molecule has 0 radical (unpaired) electrons. The molecule has 0 amide bonds. The predicted octanol–water partition coefficient (Wildman–Crippen LogP) is 3.39. The zero-order valence-corrected chi connectivity index (χ0v) is 9.70. The molecule has 0 fully saturated rings. The van der Waals surface area contributed by atoms with Crippen molar-refractivity contribution in [1.29, 1.82) is 0 Å². The van der Waals surface area contributed by atoms with Crippen LogP contribution < -0.4 is 4.74 Å². The van der Waals surface area contributed by atoms with Gasteiger partial charge in [0.1, 0.15) is 18.7 Å². The molecule has 16 heavy (non-hydrogen) atoms. The minimum Gasteiger partial charge on any atom is -0.494 e. The summed E-state index contributed by atoms with van der Waals surface area (Å²) in [6.07, 6.45) is 1.62. The van der Waals surface area contributed by atoms with E-state index < -0.39 is 6.67 Å². The molecular weight excluding hydrogens is 207 g/mol. The highest BCUT2D eigenvalue weighted by atomic mass is 19.1. The van der Waals surface area contributed by atoms with Gasteiger partial charge in [-0.2, -0.15) is 0 Å². The van der Waals surface area contributed by atoms with Crippen LogP contribution in [0.2, 0.25) is 0 Å². The monoisotopic (exact) mass is 224 g/mol. The zero-order chi connectivity index (χ0) is 12.0. The number of halogens is 1. The standard InChI is InChI=1S/C13H17FO2/c1-10(2)5-6-16-13-4-3-11(9-15)12(7-13)8-14/h3-4,7,9-10H,5-6,8H2,1-2H3. The Bertz CT molecular complexity index is 348. The van der Waals surface area contributed by atoms with Crippen molar-refractivity contribution in [3.63, 3.8) is 0 Å². The van der Waals surface area contributed by atoms with E-state index in [1.165, 1.54) is 0 Å². The molecular formula is C13H17FO2. The van der Waals surface area contributed by atoms with E-state index in [2.05, 4.69) is 13.8 Å². The molecule has 2 nitrogen and oxygen atoms in total. The van der Waals surface area contributed by atoms with Crippen LogP contribution >= 0.6 is 0 Å². The Kier molecular flexibility index (Phi) is 4.96. The Morgan fingerprint density at radius 3 is 2.75 bits per heavy atom. The fourth-order valence-electron chi connectivity index (χ4n) is 1.32. The Labute approximate surface area is 95.4 Å². The summed E-state index contributed by atoms with van der Waals surface area (Å²) in [4.78, 5) is 10.6. The summed E-state index contributed by atoms with van der Waals surface area (Å²) in [7, 11) is 0. The molecule has 0 spiro atoms. The molecule has 1 aromatic carbocycles. The summed E-state index contributed by atoms with van der Waals surface area (Å²) in [6, 6.07) is 4.87. The molecule has 1 rings (SSSR count). The number of hydrogen-bond acceptors (Lipinski definition) is 2. The van der Waals surface area contributed by atoms with E-state index in [9.17, 15) is 9.18 Å². The summed E-state index contributed by atoms with van der Waals surface area (Å²) in [5.74, 6) is 1.20. The van der Waals surface area contributed by atoms with Crippen LogP contribution in [0.3, 0.4) is 0 Å². The zero-order valence-electron chi connectivity index (χ0n) is 9.70. The second kappa shape index (κ2) is 6.26. The van der Waals surface area contributed by atoms with Gasteiger partial charge in [-0.3, -0.25) is 4.79 Å². The third kappa shape index (κ3) is 3.65. The number of aldehydes is 1. The van der Waals surface area contributed by atoms with E-state index in [1.807, 2.05) is 0 Å². The van der Waals surface area contributed by atoms with Crippen molar-refractivity contribution in [3.05, 3.63) is 29.3 Å². The van der Waals surface area contributed by atoms with E-state index in [0.29, 0.717) is 35.7 Å². The number of ether oxygens (including phenoxy) is 1. The number of rotatable bonds is 6. The molecule has 0 saturated heterocycles. The number of carbonyl (C=O) groups is 1. The Balaban J connectivity index is 2.64. The second-order valence-electron chi connectivity index (χ2n) is 4.14. The maximum Gasteiger partial charge on any atom is 0.150 e. The minimum atomic E-state index is -0.643. The lowest BCUT2D eigenvalue weighted by Crippen LogP contribution is -2.02. The molecule has 0 atom stereocenters. The molecule has 0 aliphatic heterocycles. The van der Waals surface area contributed by atoms with Crippen molar-refractivity contribution < 1.29 is 13.9 Å². The third-order valence-corrected chi connectivity index (χ3v) is 2.35. The van der Waals surface area contributed by atoms with Gasteiger partial charge in [0, 0.05) is 5.56 Å². The van der Waals surface area contributed by atoms with Crippen molar-refractivity contribution in [2.45, 2.75) is 26.9 Å². The van der Waals surface area contributed by atoms with E-state index in [0.717, 1.165) is 6.42 Å². The van der Waals surface area contributed by atoms with Gasteiger partial charge < -0.3 is 4.74 Å². The first-order chi connectivity index (χ1) is 7.67. The van der Waals surface area contributed by atoms with Gasteiger partial charge in [-0.1, -0.05) is 13.8 Å². The average molecular weight is 224 g/mol. The van der Waals surface area contributed by atoms with Gasteiger partial charge >= 0.3 is 0 Å². The first-order valence-corrected chi connectivity index (χ1v) is 5.44. The first kappa shape index (κ1) is 12.7.